The van der Waals surface area contributed by atoms with Gasteiger partial charge in [-0.1, -0.05) is 12.2 Å². The molecule has 0 bridgehead atoms. The zero-order valence-corrected chi connectivity index (χ0v) is 10.4. The lowest BCUT2D eigenvalue weighted by Gasteiger charge is -2.24. The topological polar surface area (TPSA) is 17.1 Å². The molecule has 0 radical (unpaired) electrons. The summed E-state index contributed by atoms with van der Waals surface area (Å²) in [4.78, 5) is 11.9. The first-order chi connectivity index (χ1) is 8.34. The van der Waals surface area contributed by atoms with Crippen molar-refractivity contribution in [2.75, 3.05) is 0 Å². The Morgan fingerprint density at radius 3 is 2.53 bits per heavy atom. The van der Waals surface area contributed by atoms with Crippen LogP contribution < -0.4 is 0 Å². The van der Waals surface area contributed by atoms with E-state index in [4.69, 9.17) is 0 Å². The predicted molar refractivity (Wildman–Crippen MR) is 69.8 cm³/mol. The first-order valence-electron chi connectivity index (χ1n) is 7.00. The second kappa shape index (κ2) is 4.64. The van der Waals surface area contributed by atoms with E-state index >= 15 is 0 Å². The van der Waals surface area contributed by atoms with Gasteiger partial charge in [0.1, 0.15) is 0 Å². The molecule has 3 rings (SSSR count). The SMILES string of the molecule is O=C1CCCC2=C1CC/C=C1/CCCC/C1=C/2. The third-order valence-corrected chi connectivity index (χ3v) is 4.26. The second-order valence-electron chi connectivity index (χ2n) is 5.43. The van der Waals surface area contributed by atoms with Gasteiger partial charge in [0, 0.05) is 6.42 Å². The molecule has 3 aliphatic carbocycles. The van der Waals surface area contributed by atoms with Gasteiger partial charge < -0.3 is 0 Å². The van der Waals surface area contributed by atoms with Crippen LogP contribution in [0.15, 0.2) is 34.4 Å². The van der Waals surface area contributed by atoms with Crippen LogP contribution in [0.3, 0.4) is 0 Å². The average Bonchev–Trinajstić information content (AvgIpc) is 2.31. The maximum atomic E-state index is 11.9. The molecule has 0 amide bonds. The molecule has 1 saturated carbocycles. The minimum atomic E-state index is 0.413. The summed E-state index contributed by atoms with van der Waals surface area (Å²) in [7, 11) is 0. The van der Waals surface area contributed by atoms with Crippen LogP contribution in [0.1, 0.15) is 57.8 Å². The van der Waals surface area contributed by atoms with E-state index in [1.165, 1.54) is 36.8 Å². The van der Waals surface area contributed by atoms with Crippen LogP contribution in [0.5, 0.6) is 0 Å². The van der Waals surface area contributed by atoms with Gasteiger partial charge in [-0.05, 0) is 73.7 Å². The van der Waals surface area contributed by atoms with Gasteiger partial charge in [-0.25, -0.2) is 0 Å². The number of allylic oxidation sites excluding steroid dienone is 6. The molecule has 0 aromatic rings. The van der Waals surface area contributed by atoms with Crippen molar-refractivity contribution < 1.29 is 4.79 Å². The Morgan fingerprint density at radius 1 is 0.824 bits per heavy atom. The molecule has 0 N–H and O–H groups in total. The van der Waals surface area contributed by atoms with Gasteiger partial charge in [0.2, 0.25) is 0 Å². The van der Waals surface area contributed by atoms with Crippen molar-refractivity contribution in [2.45, 2.75) is 57.8 Å². The molecule has 1 heteroatoms. The molecule has 0 heterocycles. The lowest BCUT2D eigenvalue weighted by molar-refractivity contribution is -0.116. The van der Waals surface area contributed by atoms with Gasteiger partial charge in [-0.3, -0.25) is 4.79 Å². The van der Waals surface area contributed by atoms with E-state index < -0.39 is 0 Å². The van der Waals surface area contributed by atoms with E-state index in [1.54, 1.807) is 5.57 Å². The average molecular weight is 228 g/mol. The number of fused-ring (bicyclic) bond motifs is 1. The van der Waals surface area contributed by atoms with Crippen molar-refractivity contribution in [3.8, 4) is 0 Å². The quantitative estimate of drug-likeness (QED) is 0.605. The third kappa shape index (κ3) is 2.15. The molecule has 0 aromatic carbocycles. The summed E-state index contributed by atoms with van der Waals surface area (Å²) in [5.41, 5.74) is 5.60. The normalized spacial score (nSPS) is 31.4. The van der Waals surface area contributed by atoms with Crippen LogP contribution in [0.2, 0.25) is 0 Å². The summed E-state index contributed by atoms with van der Waals surface area (Å²) in [6.45, 7) is 0. The molecule has 3 aliphatic rings. The highest BCUT2D eigenvalue weighted by molar-refractivity contribution is 5.97. The number of hydrogen-bond acceptors (Lipinski definition) is 1. The van der Waals surface area contributed by atoms with E-state index in [0.29, 0.717) is 5.78 Å². The molecule has 0 aliphatic heterocycles. The smallest absolute Gasteiger partial charge is 0.159 e. The number of Topliss-reactive ketones (excluding diaryl/α,β-unsaturated/α-hetero) is 1. The van der Waals surface area contributed by atoms with Crippen molar-refractivity contribution >= 4 is 5.78 Å². The highest BCUT2D eigenvalue weighted by Gasteiger charge is 2.21. The molecule has 0 atom stereocenters. The van der Waals surface area contributed by atoms with E-state index in [1.807, 2.05) is 0 Å². The second-order valence-corrected chi connectivity index (χ2v) is 5.43. The summed E-state index contributed by atoms with van der Waals surface area (Å²) in [5.74, 6) is 0.413. The highest BCUT2D eigenvalue weighted by Crippen LogP contribution is 2.35. The molecule has 1 fully saturated rings. The van der Waals surface area contributed by atoms with Crippen LogP contribution in [0, 0.1) is 0 Å². The van der Waals surface area contributed by atoms with Crippen LogP contribution in [-0.4, -0.2) is 5.78 Å². The molecule has 90 valence electrons. The zero-order valence-electron chi connectivity index (χ0n) is 10.4. The van der Waals surface area contributed by atoms with E-state index in [9.17, 15) is 4.79 Å². The Morgan fingerprint density at radius 2 is 1.65 bits per heavy atom. The van der Waals surface area contributed by atoms with Crippen molar-refractivity contribution in [2.24, 2.45) is 0 Å². The maximum absolute atomic E-state index is 11.9. The van der Waals surface area contributed by atoms with Crippen molar-refractivity contribution in [3.63, 3.8) is 0 Å². The molecule has 0 spiro atoms. The zero-order chi connectivity index (χ0) is 11.7. The molecule has 0 aromatic heterocycles. The number of ketones is 1. The first kappa shape index (κ1) is 11.0. The molecule has 0 saturated heterocycles. The fourth-order valence-electron chi connectivity index (χ4n) is 3.33. The van der Waals surface area contributed by atoms with Crippen molar-refractivity contribution in [3.05, 3.63) is 34.4 Å². The van der Waals surface area contributed by atoms with Gasteiger partial charge in [0.05, 0.1) is 0 Å². The van der Waals surface area contributed by atoms with Gasteiger partial charge in [-0.2, -0.15) is 0 Å². The monoisotopic (exact) mass is 228 g/mol. The first-order valence-corrected chi connectivity index (χ1v) is 7.00. The summed E-state index contributed by atoms with van der Waals surface area (Å²) in [6.07, 6.45) is 14.9. The molecular formula is C16H20O. The summed E-state index contributed by atoms with van der Waals surface area (Å²) in [6, 6.07) is 0. The number of carbonyl (C=O) groups is 1. The van der Waals surface area contributed by atoms with Crippen LogP contribution in [-0.2, 0) is 4.79 Å². The number of rotatable bonds is 0. The molecule has 1 nitrogen and oxygen atoms in total. The lowest BCUT2D eigenvalue weighted by atomic mass is 9.81. The Balaban J connectivity index is 2.00. The van der Waals surface area contributed by atoms with Crippen LogP contribution in [0.4, 0.5) is 0 Å². The Labute approximate surface area is 103 Å². The number of hydrogen-bond donors (Lipinski definition) is 0. The fourth-order valence-corrected chi connectivity index (χ4v) is 3.33. The van der Waals surface area contributed by atoms with Gasteiger partial charge in [0.25, 0.3) is 0 Å². The third-order valence-electron chi connectivity index (χ3n) is 4.26. The largest absolute Gasteiger partial charge is 0.295 e. The molecular weight excluding hydrogens is 208 g/mol. The fraction of sp³-hybridized carbons (Fsp3) is 0.562. The maximum Gasteiger partial charge on any atom is 0.159 e. The Kier molecular flexibility index (Phi) is 3.00. The lowest BCUT2D eigenvalue weighted by Crippen LogP contribution is -2.13. The van der Waals surface area contributed by atoms with Gasteiger partial charge in [0.15, 0.2) is 5.78 Å². The predicted octanol–water partition coefficient (Wildman–Crippen LogP) is 4.26. The van der Waals surface area contributed by atoms with E-state index in [-0.39, 0.29) is 0 Å². The van der Waals surface area contributed by atoms with Crippen LogP contribution in [0.25, 0.3) is 0 Å². The molecule has 17 heavy (non-hydrogen) atoms. The van der Waals surface area contributed by atoms with E-state index in [2.05, 4.69) is 12.2 Å². The van der Waals surface area contributed by atoms with E-state index in [0.717, 1.165) is 37.7 Å². The minimum Gasteiger partial charge on any atom is -0.295 e. The van der Waals surface area contributed by atoms with Gasteiger partial charge in [-0.15, -0.1) is 0 Å². The Bertz CT molecular complexity index is 434. The summed E-state index contributed by atoms with van der Waals surface area (Å²) >= 11 is 0. The van der Waals surface area contributed by atoms with Gasteiger partial charge >= 0.3 is 0 Å². The van der Waals surface area contributed by atoms with Crippen molar-refractivity contribution in [1.29, 1.82) is 0 Å². The van der Waals surface area contributed by atoms with Crippen LogP contribution >= 0.6 is 0 Å². The standard InChI is InChI=1S/C16H20O/c17-16-10-4-8-14-11-13-6-2-1-5-12(13)7-3-9-15(14)16/h7,11H,1-6,8-10H2/b12-7-,13-11-. The Hall–Kier alpha value is -1.11. The number of carbonyl (C=O) groups excluding carboxylic acids is 1. The highest BCUT2D eigenvalue weighted by atomic mass is 16.1. The molecule has 0 unspecified atom stereocenters. The summed E-state index contributed by atoms with van der Waals surface area (Å²) in [5, 5.41) is 0. The summed E-state index contributed by atoms with van der Waals surface area (Å²) < 4.78 is 0. The van der Waals surface area contributed by atoms with Crippen molar-refractivity contribution in [1.82, 2.24) is 0 Å². The minimum absolute atomic E-state index is 0.413.